The van der Waals surface area contributed by atoms with Gasteiger partial charge in [-0.15, -0.1) is 0 Å². The molecule has 5 nitrogen and oxygen atoms in total. The molecule has 3 rings (SSSR count). The van der Waals surface area contributed by atoms with Crippen molar-refractivity contribution in [3.63, 3.8) is 0 Å². The maximum Gasteiger partial charge on any atom is 0.200 e. The van der Waals surface area contributed by atoms with E-state index in [0.29, 0.717) is 4.77 Å². The molecule has 6 heteroatoms. The third-order valence-corrected chi connectivity index (χ3v) is 3.12. The van der Waals surface area contributed by atoms with Crippen LogP contribution in [0.3, 0.4) is 0 Å². The maximum atomic E-state index is 5.31. The highest BCUT2D eigenvalue weighted by Crippen LogP contribution is 2.21. The molecule has 0 atom stereocenters. The molecule has 94 valence electrons. The summed E-state index contributed by atoms with van der Waals surface area (Å²) in [5, 5.41) is 7.10. The molecule has 0 saturated heterocycles. The van der Waals surface area contributed by atoms with Crippen LogP contribution in [0.4, 0.5) is 0 Å². The second kappa shape index (κ2) is 4.74. The van der Waals surface area contributed by atoms with Crippen molar-refractivity contribution in [1.29, 1.82) is 0 Å². The Kier molecular flexibility index (Phi) is 2.92. The second-order valence-corrected chi connectivity index (χ2v) is 4.48. The lowest BCUT2D eigenvalue weighted by molar-refractivity contribution is 1.00. The van der Waals surface area contributed by atoms with Crippen molar-refractivity contribution in [3.8, 4) is 17.1 Å². The Labute approximate surface area is 115 Å². The molecule has 0 bridgehead atoms. The zero-order chi connectivity index (χ0) is 13.2. The van der Waals surface area contributed by atoms with E-state index in [9.17, 15) is 0 Å². The summed E-state index contributed by atoms with van der Waals surface area (Å²) in [6.07, 6.45) is 7.02. The molecule has 0 spiro atoms. The van der Waals surface area contributed by atoms with Crippen LogP contribution in [-0.4, -0.2) is 24.7 Å². The molecule has 19 heavy (non-hydrogen) atoms. The predicted molar refractivity (Wildman–Crippen MR) is 74.5 cm³/mol. The minimum atomic E-state index is 0.537. The summed E-state index contributed by atoms with van der Waals surface area (Å²) in [5.74, 6) is 0.731. The summed E-state index contributed by atoms with van der Waals surface area (Å²) in [7, 11) is 0. The summed E-state index contributed by atoms with van der Waals surface area (Å²) in [6.45, 7) is 2.01. The van der Waals surface area contributed by atoms with Crippen LogP contribution < -0.4 is 0 Å². The highest BCUT2D eigenvalue weighted by atomic mass is 32.1. The van der Waals surface area contributed by atoms with Crippen molar-refractivity contribution in [2.24, 2.45) is 0 Å². The van der Waals surface area contributed by atoms with E-state index >= 15 is 0 Å². The molecule has 1 N–H and O–H groups in total. The van der Waals surface area contributed by atoms with Gasteiger partial charge >= 0.3 is 0 Å². The topological polar surface area (TPSA) is 59.4 Å². The van der Waals surface area contributed by atoms with Gasteiger partial charge in [0.15, 0.2) is 10.6 Å². The molecule has 0 fully saturated rings. The molecule has 3 aromatic rings. The fourth-order valence-electron chi connectivity index (χ4n) is 1.90. The van der Waals surface area contributed by atoms with Crippen LogP contribution in [-0.2, 0) is 0 Å². The third kappa shape index (κ3) is 2.06. The first-order valence-electron chi connectivity index (χ1n) is 5.76. The lowest BCUT2D eigenvalue weighted by Crippen LogP contribution is -2.00. The van der Waals surface area contributed by atoms with Gasteiger partial charge in [-0.05, 0) is 42.9 Å². The minimum Gasteiger partial charge on any atom is -0.266 e. The first-order valence-corrected chi connectivity index (χ1v) is 6.17. The zero-order valence-corrected chi connectivity index (χ0v) is 11.1. The number of aromatic nitrogens is 5. The SMILES string of the molecule is Cc1ccncc1-n1c(-c2cccnc2)n[nH]c1=S. The van der Waals surface area contributed by atoms with E-state index in [-0.39, 0.29) is 0 Å². The van der Waals surface area contributed by atoms with E-state index < -0.39 is 0 Å². The molecule has 0 aliphatic rings. The van der Waals surface area contributed by atoms with Crippen LogP contribution in [0.15, 0.2) is 43.0 Å². The molecule has 0 saturated carbocycles. The fraction of sp³-hybridized carbons (Fsp3) is 0.0769. The van der Waals surface area contributed by atoms with E-state index in [1.165, 1.54) is 0 Å². The number of nitrogens with one attached hydrogen (secondary N) is 1. The van der Waals surface area contributed by atoms with Gasteiger partial charge in [-0.3, -0.25) is 19.6 Å². The summed E-state index contributed by atoms with van der Waals surface area (Å²) in [5.41, 5.74) is 2.90. The summed E-state index contributed by atoms with van der Waals surface area (Å²) in [6, 6.07) is 5.75. The first kappa shape index (κ1) is 11.7. The lowest BCUT2D eigenvalue weighted by Gasteiger charge is -2.08. The number of aryl methyl sites for hydroxylation is 1. The molecule has 0 aliphatic heterocycles. The first-order chi connectivity index (χ1) is 9.27. The number of hydrogen-bond donors (Lipinski definition) is 1. The fourth-order valence-corrected chi connectivity index (χ4v) is 2.13. The number of rotatable bonds is 2. The second-order valence-electron chi connectivity index (χ2n) is 4.09. The van der Waals surface area contributed by atoms with Crippen LogP contribution in [0.2, 0.25) is 0 Å². The van der Waals surface area contributed by atoms with Crippen molar-refractivity contribution in [1.82, 2.24) is 24.7 Å². The quantitative estimate of drug-likeness (QED) is 0.727. The summed E-state index contributed by atoms with van der Waals surface area (Å²) in [4.78, 5) is 8.26. The van der Waals surface area contributed by atoms with E-state index in [1.807, 2.05) is 29.7 Å². The van der Waals surface area contributed by atoms with Crippen LogP contribution >= 0.6 is 12.2 Å². The largest absolute Gasteiger partial charge is 0.266 e. The molecule has 3 aromatic heterocycles. The van der Waals surface area contributed by atoms with Gasteiger partial charge in [0.1, 0.15) is 0 Å². The van der Waals surface area contributed by atoms with Gasteiger partial charge < -0.3 is 0 Å². The average Bonchev–Trinajstić information content (AvgIpc) is 2.82. The number of nitrogens with zero attached hydrogens (tertiary/aromatic N) is 4. The number of H-pyrrole nitrogens is 1. The standard InChI is InChI=1S/C13H11N5S/c1-9-4-6-15-8-11(9)18-12(16-17-13(18)19)10-3-2-5-14-7-10/h2-8H,1H3,(H,17,19). The number of hydrogen-bond acceptors (Lipinski definition) is 4. The number of aromatic amines is 1. The summed E-state index contributed by atoms with van der Waals surface area (Å²) >= 11 is 5.31. The Morgan fingerprint density at radius 1 is 1.16 bits per heavy atom. The smallest absolute Gasteiger partial charge is 0.200 e. The van der Waals surface area contributed by atoms with Gasteiger partial charge in [0.2, 0.25) is 0 Å². The van der Waals surface area contributed by atoms with Crippen molar-refractivity contribution in [2.45, 2.75) is 6.92 Å². The Hall–Kier alpha value is -2.34. The third-order valence-electron chi connectivity index (χ3n) is 2.84. The molecule has 0 unspecified atom stereocenters. The van der Waals surface area contributed by atoms with E-state index in [2.05, 4.69) is 20.2 Å². The van der Waals surface area contributed by atoms with Crippen molar-refractivity contribution >= 4 is 12.2 Å². The van der Waals surface area contributed by atoms with E-state index in [0.717, 1.165) is 22.6 Å². The molecular weight excluding hydrogens is 258 g/mol. The normalized spacial score (nSPS) is 10.6. The molecule has 0 radical (unpaired) electrons. The van der Waals surface area contributed by atoms with E-state index in [4.69, 9.17) is 12.2 Å². The highest BCUT2D eigenvalue weighted by molar-refractivity contribution is 7.71. The molecule has 3 heterocycles. The Balaban J connectivity index is 2.26. The van der Waals surface area contributed by atoms with Gasteiger partial charge in [-0.1, -0.05) is 0 Å². The maximum absolute atomic E-state index is 5.31. The zero-order valence-electron chi connectivity index (χ0n) is 10.2. The van der Waals surface area contributed by atoms with Crippen molar-refractivity contribution in [3.05, 3.63) is 53.3 Å². The Morgan fingerprint density at radius 3 is 2.74 bits per heavy atom. The van der Waals surface area contributed by atoms with Crippen LogP contribution in [0.5, 0.6) is 0 Å². The van der Waals surface area contributed by atoms with Gasteiger partial charge in [0, 0.05) is 24.2 Å². The Bertz CT molecular complexity index is 760. The number of pyridine rings is 2. The minimum absolute atomic E-state index is 0.537. The van der Waals surface area contributed by atoms with E-state index in [1.54, 1.807) is 24.8 Å². The van der Waals surface area contributed by atoms with Crippen LogP contribution in [0.1, 0.15) is 5.56 Å². The molecule has 0 aromatic carbocycles. The van der Waals surface area contributed by atoms with Gasteiger partial charge in [0.05, 0.1) is 11.9 Å². The lowest BCUT2D eigenvalue weighted by atomic mass is 10.2. The highest BCUT2D eigenvalue weighted by Gasteiger charge is 2.12. The van der Waals surface area contributed by atoms with Crippen molar-refractivity contribution < 1.29 is 0 Å². The monoisotopic (exact) mass is 269 g/mol. The van der Waals surface area contributed by atoms with Gasteiger partial charge in [0.25, 0.3) is 0 Å². The van der Waals surface area contributed by atoms with Crippen molar-refractivity contribution in [2.75, 3.05) is 0 Å². The summed E-state index contributed by atoms with van der Waals surface area (Å²) < 4.78 is 2.41. The Morgan fingerprint density at radius 2 is 2.00 bits per heavy atom. The molecule has 0 aliphatic carbocycles. The van der Waals surface area contributed by atoms with Crippen LogP contribution in [0, 0.1) is 11.7 Å². The molecule has 0 amide bonds. The van der Waals surface area contributed by atoms with Crippen LogP contribution in [0.25, 0.3) is 17.1 Å². The average molecular weight is 269 g/mol. The predicted octanol–water partition coefficient (Wildman–Crippen LogP) is 2.70. The van der Waals surface area contributed by atoms with Gasteiger partial charge in [-0.2, -0.15) is 5.10 Å². The molecular formula is C13H11N5S. The van der Waals surface area contributed by atoms with Gasteiger partial charge in [-0.25, -0.2) is 0 Å².